The molecule has 1 saturated heterocycles. The molecule has 13 heteroatoms. The minimum Gasteiger partial charge on any atom is -0.480 e. The van der Waals surface area contributed by atoms with E-state index >= 15 is 0 Å². The van der Waals surface area contributed by atoms with Gasteiger partial charge >= 0.3 is 12.0 Å². The number of carboxylic acids is 1. The molecule has 1 heterocycles. The molecule has 2 aromatic carbocycles. The first-order valence-corrected chi connectivity index (χ1v) is 10.4. The number of hydrogen-bond donors (Lipinski definition) is 5. The summed E-state index contributed by atoms with van der Waals surface area (Å²) in [5.41, 5.74) is 11.2. The zero-order valence-corrected chi connectivity index (χ0v) is 21.0. The van der Waals surface area contributed by atoms with Gasteiger partial charge in [0.15, 0.2) is 0 Å². The van der Waals surface area contributed by atoms with Gasteiger partial charge in [-0.1, -0.05) is 54.6 Å². The summed E-state index contributed by atoms with van der Waals surface area (Å²) in [4.78, 5) is 52.3. The standard InChI is InChI=1S/C23H26N6O5.2ClH/c1-23(16-9-7-15(8-10-16)19(25)26)21(33)28(13-18(30)27-11-17(24)20(31)32)22(34)29(23)12-14-5-3-2-4-6-14;;/h2-10,17H,11-13,24H2,1H3,(H3,25,26)(H,27,30)(H,31,32);2*1H/t17-,23-;;/m0../s1. The van der Waals surface area contributed by atoms with E-state index in [0.29, 0.717) is 11.1 Å². The number of amides is 4. The molecule has 1 aliphatic rings. The van der Waals surface area contributed by atoms with Crippen molar-refractivity contribution in [3.63, 3.8) is 0 Å². The van der Waals surface area contributed by atoms with Gasteiger partial charge in [-0.3, -0.25) is 24.7 Å². The van der Waals surface area contributed by atoms with E-state index in [2.05, 4.69) is 5.32 Å². The van der Waals surface area contributed by atoms with Crippen molar-refractivity contribution in [1.29, 1.82) is 5.41 Å². The predicted octanol–water partition coefficient (Wildman–Crippen LogP) is 1.02. The normalized spacial score (nSPS) is 17.6. The maximum atomic E-state index is 13.5. The monoisotopic (exact) mass is 538 g/mol. The molecule has 11 nitrogen and oxygen atoms in total. The second kappa shape index (κ2) is 12.3. The smallest absolute Gasteiger partial charge is 0.328 e. The Balaban J connectivity index is 0.00000324. The molecule has 1 aliphatic heterocycles. The Kier molecular flexibility index (Phi) is 10.4. The summed E-state index contributed by atoms with van der Waals surface area (Å²) in [6.45, 7) is 0.772. The van der Waals surface area contributed by atoms with Crippen LogP contribution in [0, 0.1) is 5.41 Å². The third-order valence-electron chi connectivity index (χ3n) is 5.74. The molecule has 0 saturated carbocycles. The highest BCUT2D eigenvalue weighted by atomic mass is 35.5. The van der Waals surface area contributed by atoms with E-state index in [1.165, 1.54) is 4.90 Å². The highest BCUT2D eigenvalue weighted by Gasteiger charge is 2.55. The summed E-state index contributed by atoms with van der Waals surface area (Å²) in [6, 6.07) is 13.5. The van der Waals surface area contributed by atoms with Crippen molar-refractivity contribution in [2.24, 2.45) is 11.5 Å². The van der Waals surface area contributed by atoms with Crippen molar-refractivity contribution in [2.75, 3.05) is 13.1 Å². The fourth-order valence-electron chi connectivity index (χ4n) is 3.70. The fraction of sp³-hybridized carbons (Fsp3) is 0.261. The molecule has 0 bridgehead atoms. The number of imide groups is 1. The maximum absolute atomic E-state index is 13.5. The molecule has 0 unspecified atom stereocenters. The number of halogens is 2. The first-order valence-electron chi connectivity index (χ1n) is 10.4. The van der Waals surface area contributed by atoms with Crippen molar-refractivity contribution in [1.82, 2.24) is 15.1 Å². The van der Waals surface area contributed by atoms with E-state index in [1.54, 1.807) is 31.2 Å². The summed E-state index contributed by atoms with van der Waals surface area (Å²) in [5.74, 6) is -2.75. The van der Waals surface area contributed by atoms with Crippen LogP contribution < -0.4 is 16.8 Å². The van der Waals surface area contributed by atoms with Crippen molar-refractivity contribution >= 4 is 54.5 Å². The molecule has 4 amide bonds. The van der Waals surface area contributed by atoms with E-state index in [1.807, 2.05) is 30.3 Å². The van der Waals surface area contributed by atoms with E-state index in [4.69, 9.17) is 22.0 Å². The number of amidine groups is 1. The van der Waals surface area contributed by atoms with Crippen LogP contribution in [0.4, 0.5) is 4.79 Å². The summed E-state index contributed by atoms with van der Waals surface area (Å²) in [7, 11) is 0. The number of rotatable bonds is 9. The molecule has 2 aromatic rings. The van der Waals surface area contributed by atoms with Gasteiger partial charge in [0.05, 0.1) is 0 Å². The topological polar surface area (TPSA) is 183 Å². The zero-order valence-electron chi connectivity index (χ0n) is 19.3. The predicted molar refractivity (Wildman–Crippen MR) is 137 cm³/mol. The molecular weight excluding hydrogens is 511 g/mol. The molecule has 7 N–H and O–H groups in total. The van der Waals surface area contributed by atoms with E-state index in [0.717, 1.165) is 10.5 Å². The van der Waals surface area contributed by atoms with Crippen molar-refractivity contribution in [2.45, 2.75) is 25.0 Å². The van der Waals surface area contributed by atoms with E-state index < -0.39 is 41.9 Å². The van der Waals surface area contributed by atoms with E-state index in [-0.39, 0.29) is 43.7 Å². The molecular formula is C23H28Cl2N6O5. The summed E-state index contributed by atoms with van der Waals surface area (Å²) < 4.78 is 0. The van der Waals surface area contributed by atoms with Gasteiger partial charge in [-0.15, -0.1) is 24.8 Å². The van der Waals surface area contributed by atoms with Gasteiger partial charge in [0.25, 0.3) is 5.91 Å². The second-order valence-corrected chi connectivity index (χ2v) is 8.06. The van der Waals surface area contributed by atoms with Crippen molar-refractivity contribution < 1.29 is 24.3 Å². The fourth-order valence-corrected chi connectivity index (χ4v) is 3.70. The molecule has 0 aromatic heterocycles. The lowest BCUT2D eigenvalue weighted by Crippen LogP contribution is -2.47. The Hall–Kier alpha value is -3.67. The molecule has 0 spiro atoms. The van der Waals surface area contributed by atoms with Crippen LogP contribution >= 0.6 is 24.8 Å². The molecule has 1 fully saturated rings. The van der Waals surface area contributed by atoms with Gasteiger partial charge in [0.1, 0.15) is 24.0 Å². The van der Waals surface area contributed by atoms with Gasteiger partial charge in [-0.05, 0) is 18.1 Å². The molecule has 2 atom stereocenters. The quantitative estimate of drug-likeness (QED) is 0.179. The average molecular weight is 539 g/mol. The third kappa shape index (κ3) is 6.11. The minimum atomic E-state index is -1.43. The number of urea groups is 1. The van der Waals surface area contributed by atoms with Crippen LogP contribution in [0.25, 0.3) is 0 Å². The van der Waals surface area contributed by atoms with Crippen LogP contribution in [0.15, 0.2) is 54.6 Å². The van der Waals surface area contributed by atoms with Crippen LogP contribution in [0.1, 0.15) is 23.6 Å². The Morgan fingerprint density at radius 1 is 1.08 bits per heavy atom. The Bertz CT molecular complexity index is 1130. The number of nitrogen functional groups attached to an aromatic ring is 1. The van der Waals surface area contributed by atoms with Crippen LogP contribution in [0.2, 0.25) is 0 Å². The number of benzene rings is 2. The molecule has 0 radical (unpaired) electrons. The Morgan fingerprint density at radius 3 is 2.19 bits per heavy atom. The SMILES string of the molecule is C[C@]1(c2ccc(C(=N)N)cc2)C(=O)N(CC(=O)NC[C@H](N)C(=O)O)C(=O)N1Cc1ccccc1.Cl.Cl. The average Bonchev–Trinajstić information content (AvgIpc) is 2.99. The number of carboxylic acid groups (broad SMARTS) is 1. The lowest BCUT2D eigenvalue weighted by atomic mass is 9.89. The van der Waals surface area contributed by atoms with E-state index in [9.17, 15) is 19.2 Å². The number of carbonyl (C=O) groups is 4. The third-order valence-corrected chi connectivity index (χ3v) is 5.74. The highest BCUT2D eigenvalue weighted by Crippen LogP contribution is 2.38. The summed E-state index contributed by atoms with van der Waals surface area (Å²) >= 11 is 0. The molecule has 36 heavy (non-hydrogen) atoms. The Labute approximate surface area is 220 Å². The number of nitrogens with two attached hydrogens (primary N) is 2. The molecule has 194 valence electrons. The van der Waals surface area contributed by atoms with Gasteiger partial charge in [-0.2, -0.15) is 0 Å². The van der Waals surface area contributed by atoms with Crippen LogP contribution in [0.5, 0.6) is 0 Å². The van der Waals surface area contributed by atoms with Crippen LogP contribution in [-0.2, 0) is 26.5 Å². The van der Waals surface area contributed by atoms with Crippen molar-refractivity contribution in [3.05, 3.63) is 71.3 Å². The van der Waals surface area contributed by atoms with Gasteiger partial charge < -0.3 is 26.8 Å². The molecule has 3 rings (SSSR count). The first-order chi connectivity index (χ1) is 16.1. The van der Waals surface area contributed by atoms with Crippen molar-refractivity contribution in [3.8, 4) is 0 Å². The number of aliphatic carboxylic acids is 1. The van der Waals surface area contributed by atoms with Crippen LogP contribution in [0.3, 0.4) is 0 Å². The van der Waals surface area contributed by atoms with Gasteiger partial charge in [-0.25, -0.2) is 4.79 Å². The van der Waals surface area contributed by atoms with Crippen LogP contribution in [-0.4, -0.2) is 63.7 Å². The lowest BCUT2D eigenvalue weighted by Gasteiger charge is -2.32. The first kappa shape index (κ1) is 30.4. The van der Waals surface area contributed by atoms with Gasteiger partial charge in [0, 0.05) is 18.7 Å². The number of hydrogen-bond acceptors (Lipinski definition) is 6. The lowest BCUT2D eigenvalue weighted by molar-refractivity contribution is -0.139. The zero-order chi connectivity index (χ0) is 25.0. The summed E-state index contributed by atoms with van der Waals surface area (Å²) in [6.07, 6.45) is 0. The second-order valence-electron chi connectivity index (χ2n) is 8.06. The number of nitrogens with one attached hydrogen (secondary N) is 2. The largest absolute Gasteiger partial charge is 0.480 e. The number of nitrogens with zero attached hydrogens (tertiary/aromatic N) is 2. The summed E-state index contributed by atoms with van der Waals surface area (Å²) in [5, 5.41) is 18.8. The minimum absolute atomic E-state index is 0. The maximum Gasteiger partial charge on any atom is 0.328 e. The number of carbonyl (C=O) groups excluding carboxylic acids is 3. The Morgan fingerprint density at radius 2 is 1.67 bits per heavy atom. The highest BCUT2D eigenvalue weighted by molar-refractivity contribution is 6.09. The molecule has 0 aliphatic carbocycles. The van der Waals surface area contributed by atoms with Gasteiger partial charge in [0.2, 0.25) is 5.91 Å².